The molecule has 2 fully saturated rings. The van der Waals surface area contributed by atoms with E-state index in [4.69, 9.17) is 4.74 Å². The summed E-state index contributed by atoms with van der Waals surface area (Å²) < 4.78 is 4.70. The van der Waals surface area contributed by atoms with E-state index < -0.39 is 0 Å². The summed E-state index contributed by atoms with van der Waals surface area (Å²) in [6, 6.07) is 3.74. The number of rotatable bonds is 3. The fourth-order valence-corrected chi connectivity index (χ4v) is 3.30. The Hall–Kier alpha value is -2.64. The van der Waals surface area contributed by atoms with Crippen LogP contribution in [-0.2, 0) is 20.9 Å². The lowest BCUT2D eigenvalue weighted by Crippen LogP contribution is -2.52. The Labute approximate surface area is 146 Å². The summed E-state index contributed by atoms with van der Waals surface area (Å²) in [6.07, 6.45) is 3.27. The van der Waals surface area contributed by atoms with E-state index in [1.807, 2.05) is 12.1 Å². The maximum atomic E-state index is 12.7. The van der Waals surface area contributed by atoms with Crippen molar-refractivity contribution in [2.24, 2.45) is 5.92 Å². The van der Waals surface area contributed by atoms with Gasteiger partial charge in [0.1, 0.15) is 0 Å². The van der Waals surface area contributed by atoms with Crippen LogP contribution in [0.15, 0.2) is 24.5 Å². The summed E-state index contributed by atoms with van der Waals surface area (Å²) in [4.78, 5) is 45.4. The number of amides is 3. The molecule has 0 radical (unpaired) electrons. The monoisotopic (exact) mass is 346 g/mol. The van der Waals surface area contributed by atoms with E-state index in [1.54, 1.807) is 27.1 Å². The topological polar surface area (TPSA) is 83.0 Å². The third-order valence-electron chi connectivity index (χ3n) is 4.71. The van der Waals surface area contributed by atoms with Gasteiger partial charge in [-0.25, -0.2) is 4.79 Å². The Kier molecular flexibility index (Phi) is 5.16. The van der Waals surface area contributed by atoms with Crippen LogP contribution in [0.25, 0.3) is 0 Å². The molecule has 0 aromatic carbocycles. The molecule has 2 aliphatic rings. The molecule has 1 atom stereocenters. The third kappa shape index (κ3) is 3.89. The van der Waals surface area contributed by atoms with Crippen LogP contribution in [-0.4, -0.2) is 77.4 Å². The van der Waals surface area contributed by atoms with Gasteiger partial charge in [-0.2, -0.15) is 0 Å². The van der Waals surface area contributed by atoms with Gasteiger partial charge in [0.05, 0.1) is 13.0 Å². The number of carbonyl (C=O) groups excluding carboxylic acids is 3. The van der Waals surface area contributed by atoms with Crippen LogP contribution < -0.4 is 0 Å². The number of aromatic nitrogens is 1. The van der Waals surface area contributed by atoms with Gasteiger partial charge in [0, 0.05) is 58.1 Å². The molecule has 1 aromatic heterocycles. The molecule has 0 aliphatic carbocycles. The first-order chi connectivity index (χ1) is 12.1. The van der Waals surface area contributed by atoms with Gasteiger partial charge in [0.15, 0.2) is 0 Å². The number of carbonyl (C=O) groups is 3. The van der Waals surface area contributed by atoms with E-state index in [0.717, 1.165) is 5.56 Å². The predicted molar refractivity (Wildman–Crippen MR) is 88.3 cm³/mol. The van der Waals surface area contributed by atoms with E-state index in [-0.39, 0.29) is 30.2 Å². The van der Waals surface area contributed by atoms with Gasteiger partial charge < -0.3 is 19.4 Å². The first-order valence-corrected chi connectivity index (χ1v) is 8.37. The molecule has 2 saturated heterocycles. The highest BCUT2D eigenvalue weighted by atomic mass is 16.5. The van der Waals surface area contributed by atoms with Crippen molar-refractivity contribution in [3.63, 3.8) is 0 Å². The zero-order valence-corrected chi connectivity index (χ0v) is 14.3. The van der Waals surface area contributed by atoms with Crippen LogP contribution in [0, 0.1) is 5.92 Å². The molecule has 8 nitrogen and oxygen atoms in total. The molecule has 25 heavy (non-hydrogen) atoms. The van der Waals surface area contributed by atoms with Crippen molar-refractivity contribution in [3.05, 3.63) is 30.1 Å². The van der Waals surface area contributed by atoms with Gasteiger partial charge in [-0.1, -0.05) is 0 Å². The summed E-state index contributed by atoms with van der Waals surface area (Å²) >= 11 is 0. The summed E-state index contributed by atoms with van der Waals surface area (Å²) in [7, 11) is 1.35. The molecule has 0 spiro atoms. The second-order valence-electron chi connectivity index (χ2n) is 6.31. The number of ether oxygens (including phenoxy) is 1. The second-order valence-corrected chi connectivity index (χ2v) is 6.31. The minimum atomic E-state index is -0.369. The summed E-state index contributed by atoms with van der Waals surface area (Å²) in [5.74, 6) is -0.308. The number of hydrogen-bond donors (Lipinski definition) is 0. The van der Waals surface area contributed by atoms with Crippen molar-refractivity contribution in [2.75, 3.05) is 39.8 Å². The molecule has 0 saturated carbocycles. The van der Waals surface area contributed by atoms with Gasteiger partial charge in [0.25, 0.3) is 0 Å². The highest BCUT2D eigenvalue weighted by molar-refractivity contribution is 5.89. The smallest absolute Gasteiger partial charge is 0.409 e. The molecule has 8 heteroatoms. The molecule has 3 heterocycles. The Morgan fingerprint density at radius 3 is 2.44 bits per heavy atom. The van der Waals surface area contributed by atoms with E-state index in [9.17, 15) is 14.4 Å². The number of piperazine rings is 1. The van der Waals surface area contributed by atoms with E-state index in [1.165, 1.54) is 7.11 Å². The molecule has 3 amide bonds. The maximum absolute atomic E-state index is 12.7. The van der Waals surface area contributed by atoms with E-state index in [0.29, 0.717) is 39.3 Å². The summed E-state index contributed by atoms with van der Waals surface area (Å²) in [5.41, 5.74) is 1.00. The molecule has 0 unspecified atom stereocenters. The van der Waals surface area contributed by atoms with Crippen molar-refractivity contribution in [2.45, 2.75) is 13.0 Å². The molecule has 2 aliphatic heterocycles. The van der Waals surface area contributed by atoms with Gasteiger partial charge in [-0.3, -0.25) is 14.6 Å². The Bertz CT molecular complexity index is 643. The lowest BCUT2D eigenvalue weighted by molar-refractivity contribution is -0.137. The highest BCUT2D eigenvalue weighted by Crippen LogP contribution is 2.22. The Morgan fingerprint density at radius 1 is 1.16 bits per heavy atom. The standard InChI is InChI=1S/C17H22N4O4/c1-25-17(24)20-8-6-19(7-9-20)16(23)14-10-15(22)21(12-14)11-13-2-4-18-5-3-13/h2-5,14H,6-12H2,1H3/t14-/m0/s1. The normalized spacial score (nSPS) is 20.8. The zero-order valence-electron chi connectivity index (χ0n) is 14.3. The lowest BCUT2D eigenvalue weighted by Gasteiger charge is -2.35. The number of nitrogens with zero attached hydrogens (tertiary/aromatic N) is 4. The lowest BCUT2D eigenvalue weighted by atomic mass is 10.1. The van der Waals surface area contributed by atoms with Crippen molar-refractivity contribution in [1.29, 1.82) is 0 Å². The van der Waals surface area contributed by atoms with Crippen LogP contribution >= 0.6 is 0 Å². The van der Waals surface area contributed by atoms with Crippen LogP contribution in [0.1, 0.15) is 12.0 Å². The fraction of sp³-hybridized carbons (Fsp3) is 0.529. The molecule has 1 aromatic rings. The molecule has 3 rings (SSSR count). The van der Waals surface area contributed by atoms with Gasteiger partial charge in [-0.05, 0) is 17.7 Å². The molecule has 0 bridgehead atoms. The number of pyridine rings is 1. The van der Waals surface area contributed by atoms with E-state index in [2.05, 4.69) is 4.98 Å². The summed E-state index contributed by atoms with van der Waals surface area (Å²) in [5, 5.41) is 0. The van der Waals surface area contributed by atoms with Crippen molar-refractivity contribution < 1.29 is 19.1 Å². The molecule has 134 valence electrons. The van der Waals surface area contributed by atoms with Crippen molar-refractivity contribution in [3.8, 4) is 0 Å². The SMILES string of the molecule is COC(=O)N1CCN(C(=O)[C@H]2CC(=O)N(Cc3ccncc3)C2)CC1. The average Bonchev–Trinajstić information content (AvgIpc) is 3.02. The van der Waals surface area contributed by atoms with Crippen molar-refractivity contribution >= 4 is 17.9 Å². The predicted octanol–water partition coefficient (Wildman–Crippen LogP) is 0.341. The Morgan fingerprint density at radius 2 is 1.80 bits per heavy atom. The van der Waals surface area contributed by atoms with Crippen LogP contribution in [0.4, 0.5) is 4.79 Å². The van der Waals surface area contributed by atoms with Crippen LogP contribution in [0.3, 0.4) is 0 Å². The first kappa shape index (κ1) is 17.2. The Balaban J connectivity index is 1.54. The van der Waals surface area contributed by atoms with Crippen LogP contribution in [0.2, 0.25) is 0 Å². The average molecular weight is 346 g/mol. The minimum absolute atomic E-state index is 0.00311. The van der Waals surface area contributed by atoms with Gasteiger partial charge in [0.2, 0.25) is 11.8 Å². The van der Waals surface area contributed by atoms with Crippen LogP contribution in [0.5, 0.6) is 0 Å². The number of methoxy groups -OCH3 is 1. The minimum Gasteiger partial charge on any atom is -0.453 e. The fourth-order valence-electron chi connectivity index (χ4n) is 3.30. The summed E-state index contributed by atoms with van der Waals surface area (Å²) in [6.45, 7) is 2.81. The largest absolute Gasteiger partial charge is 0.453 e. The highest BCUT2D eigenvalue weighted by Gasteiger charge is 2.37. The number of likely N-dealkylation sites (tertiary alicyclic amines) is 1. The van der Waals surface area contributed by atoms with Crippen molar-refractivity contribution in [1.82, 2.24) is 19.7 Å². The molecular formula is C17H22N4O4. The number of hydrogen-bond acceptors (Lipinski definition) is 5. The molecule has 0 N–H and O–H groups in total. The third-order valence-corrected chi connectivity index (χ3v) is 4.71. The van der Waals surface area contributed by atoms with Gasteiger partial charge >= 0.3 is 6.09 Å². The zero-order chi connectivity index (χ0) is 17.8. The second kappa shape index (κ2) is 7.50. The van der Waals surface area contributed by atoms with Gasteiger partial charge in [-0.15, -0.1) is 0 Å². The first-order valence-electron chi connectivity index (χ1n) is 8.37. The van der Waals surface area contributed by atoms with E-state index >= 15 is 0 Å². The maximum Gasteiger partial charge on any atom is 0.409 e. The molecular weight excluding hydrogens is 324 g/mol. The quantitative estimate of drug-likeness (QED) is 0.788.